The number of anilines is 2. The smallest absolute Gasteiger partial charge is 0.280 e. The maximum Gasteiger partial charge on any atom is 0.280 e. The summed E-state index contributed by atoms with van der Waals surface area (Å²) in [6.45, 7) is 7.61. The van der Waals surface area contributed by atoms with Gasteiger partial charge in [-0.15, -0.1) is 0 Å². The van der Waals surface area contributed by atoms with Gasteiger partial charge in [0.25, 0.3) is 5.91 Å². The van der Waals surface area contributed by atoms with Gasteiger partial charge >= 0.3 is 0 Å². The fourth-order valence-electron chi connectivity index (χ4n) is 4.44. The molecule has 1 amide bonds. The molecule has 2 bridgehead atoms. The Morgan fingerprint density at radius 3 is 2.79 bits per heavy atom. The van der Waals surface area contributed by atoms with Gasteiger partial charge in [0.1, 0.15) is 0 Å². The van der Waals surface area contributed by atoms with Crippen LogP contribution in [0.15, 0.2) is 41.5 Å². The minimum atomic E-state index is -0.308. The second-order valence-electron chi connectivity index (χ2n) is 9.23. The van der Waals surface area contributed by atoms with Crippen LogP contribution in [0.1, 0.15) is 60.6 Å². The highest BCUT2D eigenvalue weighted by Gasteiger charge is 2.27. The molecule has 0 radical (unpaired) electrons. The van der Waals surface area contributed by atoms with Gasteiger partial charge in [-0.05, 0) is 61.9 Å². The van der Waals surface area contributed by atoms with E-state index in [4.69, 9.17) is 4.74 Å². The van der Waals surface area contributed by atoms with Crippen molar-refractivity contribution < 1.29 is 9.53 Å². The van der Waals surface area contributed by atoms with Crippen LogP contribution in [0.25, 0.3) is 11.3 Å². The zero-order chi connectivity index (χ0) is 23.8. The number of amides is 1. The van der Waals surface area contributed by atoms with E-state index in [0.29, 0.717) is 35.6 Å². The lowest BCUT2D eigenvalue weighted by Gasteiger charge is -2.19. The number of guanidine groups is 1. The Kier molecular flexibility index (Phi) is 5.81. The number of nitrogens with zero attached hydrogens (tertiary/aromatic N) is 5. The van der Waals surface area contributed by atoms with Crippen LogP contribution in [0.5, 0.6) is 5.88 Å². The van der Waals surface area contributed by atoms with E-state index in [9.17, 15) is 4.79 Å². The van der Waals surface area contributed by atoms with Crippen molar-refractivity contribution in [3.63, 3.8) is 0 Å². The third kappa shape index (κ3) is 4.16. The van der Waals surface area contributed by atoms with Gasteiger partial charge in [0.2, 0.25) is 11.8 Å². The summed E-state index contributed by atoms with van der Waals surface area (Å²) in [6.07, 6.45) is 4.60. The first-order valence-electron chi connectivity index (χ1n) is 11.9. The lowest BCUT2D eigenvalue weighted by atomic mass is 10.0. The van der Waals surface area contributed by atoms with Gasteiger partial charge in [0.05, 0.1) is 35.4 Å². The molecule has 0 spiro atoms. The number of carbonyl (C=O) groups excluding carboxylic acids is 1. The normalized spacial score (nSPS) is 17.5. The predicted molar refractivity (Wildman–Crippen MR) is 134 cm³/mol. The Labute approximate surface area is 199 Å². The average molecular weight is 459 g/mol. The van der Waals surface area contributed by atoms with Crippen molar-refractivity contribution in [2.24, 2.45) is 12.0 Å². The summed E-state index contributed by atoms with van der Waals surface area (Å²) in [6, 6.07) is 9.96. The van der Waals surface area contributed by atoms with Gasteiger partial charge in [-0.1, -0.05) is 19.9 Å². The highest BCUT2D eigenvalue weighted by atomic mass is 16.5. The summed E-state index contributed by atoms with van der Waals surface area (Å²) in [5.41, 5.74) is 5.97. The number of hydrogen-bond acceptors (Lipinski definition) is 6. The second-order valence-corrected chi connectivity index (χ2v) is 9.23. The minimum absolute atomic E-state index is 0.308. The molecule has 2 aromatic heterocycles. The molecule has 0 saturated heterocycles. The quantitative estimate of drug-likeness (QED) is 0.558. The molecular weight excluding hydrogens is 428 g/mol. The van der Waals surface area contributed by atoms with E-state index >= 15 is 0 Å². The molecule has 8 nitrogen and oxygen atoms in total. The van der Waals surface area contributed by atoms with E-state index in [0.717, 1.165) is 48.4 Å². The zero-order valence-electron chi connectivity index (χ0n) is 20.1. The molecule has 2 aliphatic heterocycles. The number of ether oxygens (including phenoxy) is 1. The fourth-order valence-corrected chi connectivity index (χ4v) is 4.44. The number of nitrogens with one attached hydrogen (secondary N) is 1. The molecule has 5 rings (SSSR count). The number of rotatable bonds is 1. The van der Waals surface area contributed by atoms with Crippen LogP contribution in [-0.2, 0) is 7.05 Å². The number of pyridine rings is 1. The van der Waals surface area contributed by atoms with Crippen molar-refractivity contribution in [2.75, 3.05) is 23.4 Å². The van der Waals surface area contributed by atoms with E-state index in [1.807, 2.05) is 14.0 Å². The molecule has 4 heterocycles. The molecule has 0 saturated carbocycles. The molecule has 0 fully saturated rings. The van der Waals surface area contributed by atoms with Crippen molar-refractivity contribution in [1.29, 1.82) is 0 Å². The third-order valence-electron chi connectivity index (χ3n) is 6.31. The van der Waals surface area contributed by atoms with Crippen LogP contribution in [0.3, 0.4) is 0 Å². The van der Waals surface area contributed by atoms with Crippen molar-refractivity contribution in [3.05, 3.63) is 53.3 Å². The van der Waals surface area contributed by atoms with Crippen LogP contribution >= 0.6 is 0 Å². The zero-order valence-corrected chi connectivity index (χ0v) is 20.1. The topological polar surface area (TPSA) is 84.6 Å². The molecule has 34 heavy (non-hydrogen) atoms. The van der Waals surface area contributed by atoms with Gasteiger partial charge in [0, 0.05) is 24.8 Å². The molecule has 3 aromatic rings. The predicted octanol–water partition coefficient (Wildman–Crippen LogP) is 4.90. The molecule has 0 aliphatic carbocycles. The highest BCUT2D eigenvalue weighted by molar-refractivity contribution is 6.19. The summed E-state index contributed by atoms with van der Waals surface area (Å²) in [4.78, 5) is 24.6. The van der Waals surface area contributed by atoms with Gasteiger partial charge < -0.3 is 15.0 Å². The van der Waals surface area contributed by atoms with Crippen LogP contribution in [0.2, 0.25) is 0 Å². The lowest BCUT2D eigenvalue weighted by Crippen LogP contribution is -2.32. The van der Waals surface area contributed by atoms with Gasteiger partial charge in [-0.2, -0.15) is 10.1 Å². The van der Waals surface area contributed by atoms with Crippen LogP contribution in [-0.4, -0.2) is 39.8 Å². The summed E-state index contributed by atoms with van der Waals surface area (Å²) in [5.74, 6) is 1.35. The SMILES string of the molecule is Cc1cc2cc(n1)-c1cnn(C)c1OCCCCCN1/C(=N/C2=O)Nc2ccc(C(C)C)cc21. The maximum absolute atomic E-state index is 13.3. The van der Waals surface area contributed by atoms with E-state index in [2.05, 4.69) is 57.3 Å². The molecule has 1 aromatic carbocycles. The maximum atomic E-state index is 13.3. The summed E-state index contributed by atoms with van der Waals surface area (Å²) in [7, 11) is 1.85. The first kappa shape index (κ1) is 22.1. The molecule has 2 aliphatic rings. The fraction of sp³-hybridized carbons (Fsp3) is 0.385. The summed E-state index contributed by atoms with van der Waals surface area (Å²) >= 11 is 0. The number of aromatic nitrogens is 3. The third-order valence-corrected chi connectivity index (χ3v) is 6.31. The Balaban J connectivity index is 1.57. The number of aryl methyl sites for hydroxylation is 2. The van der Waals surface area contributed by atoms with Crippen molar-refractivity contribution >= 4 is 23.2 Å². The van der Waals surface area contributed by atoms with E-state index in [-0.39, 0.29) is 5.91 Å². The molecular formula is C26H30N6O2. The number of hydrogen-bond donors (Lipinski definition) is 1. The van der Waals surface area contributed by atoms with Gasteiger partial charge in [-0.3, -0.25) is 9.78 Å². The summed E-state index contributed by atoms with van der Waals surface area (Å²) < 4.78 is 7.82. The first-order chi connectivity index (χ1) is 16.4. The number of fused-ring (bicyclic) bond motifs is 7. The number of carbonyl (C=O) groups is 1. The minimum Gasteiger partial charge on any atom is -0.477 e. The molecule has 1 N–H and O–H groups in total. The van der Waals surface area contributed by atoms with Crippen molar-refractivity contribution in [3.8, 4) is 17.1 Å². The van der Waals surface area contributed by atoms with E-state index in [1.165, 1.54) is 5.56 Å². The van der Waals surface area contributed by atoms with E-state index < -0.39 is 0 Å². The second kappa shape index (κ2) is 8.93. The number of aliphatic imine (C=N–C) groups is 1. The molecule has 176 valence electrons. The Morgan fingerprint density at radius 2 is 1.97 bits per heavy atom. The average Bonchev–Trinajstić information content (AvgIpc) is 3.34. The molecule has 8 heteroatoms. The van der Waals surface area contributed by atoms with Crippen molar-refractivity contribution in [2.45, 2.75) is 46.0 Å². The Hall–Kier alpha value is -3.68. The standard InChI is InChI=1S/C26H30N6O2/c1-16(2)18-8-9-21-23(14-18)32-10-6-5-7-11-34-25-20(15-27-31(25)4)22-13-19(12-17(3)28-22)24(33)30-26(32)29-21/h8-9,12-16H,5-7,10-11H2,1-4H3,(H,29,30,33). The number of benzene rings is 1. The lowest BCUT2D eigenvalue weighted by molar-refractivity contribution is 0.100. The molecule has 0 atom stereocenters. The van der Waals surface area contributed by atoms with Gasteiger partial charge in [-0.25, -0.2) is 4.68 Å². The Bertz CT molecular complexity index is 1280. The van der Waals surface area contributed by atoms with Crippen LogP contribution in [0, 0.1) is 6.92 Å². The highest BCUT2D eigenvalue weighted by Crippen LogP contribution is 2.36. The van der Waals surface area contributed by atoms with E-state index in [1.54, 1.807) is 23.0 Å². The summed E-state index contributed by atoms with van der Waals surface area (Å²) in [5, 5.41) is 7.72. The first-order valence-corrected chi connectivity index (χ1v) is 11.9. The van der Waals surface area contributed by atoms with Crippen LogP contribution < -0.4 is 15.0 Å². The Morgan fingerprint density at radius 1 is 1.12 bits per heavy atom. The largest absolute Gasteiger partial charge is 0.477 e. The van der Waals surface area contributed by atoms with Gasteiger partial charge in [0.15, 0.2) is 0 Å². The van der Waals surface area contributed by atoms with Crippen LogP contribution in [0.4, 0.5) is 11.4 Å². The molecule has 0 unspecified atom stereocenters. The van der Waals surface area contributed by atoms with Crippen molar-refractivity contribution in [1.82, 2.24) is 14.8 Å². The monoisotopic (exact) mass is 458 g/mol.